The molecule has 0 heterocycles. The van der Waals surface area contributed by atoms with Gasteiger partial charge in [0, 0.05) is 12.1 Å². The highest BCUT2D eigenvalue weighted by Gasteiger charge is 2.21. The van der Waals surface area contributed by atoms with Crippen LogP contribution in [0.1, 0.15) is 18.4 Å². The zero-order valence-corrected chi connectivity index (χ0v) is 12.7. The van der Waals surface area contributed by atoms with Crippen LogP contribution in [-0.2, 0) is 0 Å². The lowest BCUT2D eigenvalue weighted by Gasteiger charge is -2.29. The third kappa shape index (κ3) is 6.05. The smallest absolute Gasteiger partial charge is 0.0433 e. The van der Waals surface area contributed by atoms with Gasteiger partial charge in [0.2, 0.25) is 0 Å². The predicted molar refractivity (Wildman–Crippen MR) is 93.3 cm³/mol. The fourth-order valence-electron chi connectivity index (χ4n) is 2.00. The molecule has 0 radical (unpaired) electrons. The molecule has 0 unspecified atom stereocenters. The van der Waals surface area contributed by atoms with Crippen molar-refractivity contribution < 1.29 is 0 Å². The van der Waals surface area contributed by atoms with Gasteiger partial charge >= 0.3 is 0 Å². The highest BCUT2D eigenvalue weighted by molar-refractivity contribution is 5.85. The van der Waals surface area contributed by atoms with E-state index >= 15 is 0 Å². The first-order valence-corrected chi connectivity index (χ1v) is 6.58. The average Bonchev–Trinajstić information content (AvgIpc) is 2.45. The van der Waals surface area contributed by atoms with E-state index in [1.54, 1.807) is 0 Å². The highest BCUT2D eigenvalue weighted by atomic mass is 35.5. The minimum absolute atomic E-state index is 0. The van der Waals surface area contributed by atoms with Crippen molar-refractivity contribution in [2.45, 2.75) is 18.4 Å². The van der Waals surface area contributed by atoms with E-state index in [2.05, 4.69) is 49.3 Å². The van der Waals surface area contributed by atoms with Crippen molar-refractivity contribution in [1.82, 2.24) is 5.32 Å². The van der Waals surface area contributed by atoms with Crippen molar-refractivity contribution in [3.63, 3.8) is 0 Å². The van der Waals surface area contributed by atoms with E-state index in [1.807, 2.05) is 36.4 Å². The zero-order chi connectivity index (χ0) is 14.0. The number of hydrogen-bond acceptors (Lipinski definition) is 1. The number of halogens is 1. The first-order valence-electron chi connectivity index (χ1n) is 6.58. The summed E-state index contributed by atoms with van der Waals surface area (Å²) >= 11 is 0. The lowest BCUT2D eigenvalue weighted by atomic mass is 9.91. The second-order valence-corrected chi connectivity index (χ2v) is 4.54. The molecule has 0 spiro atoms. The quantitative estimate of drug-likeness (QED) is 0.645. The van der Waals surface area contributed by atoms with Gasteiger partial charge in [-0.2, -0.15) is 0 Å². The van der Waals surface area contributed by atoms with Gasteiger partial charge < -0.3 is 5.32 Å². The van der Waals surface area contributed by atoms with Crippen LogP contribution in [0.15, 0.2) is 74.4 Å². The molecule has 1 rings (SSSR count). The SMILES string of the molecule is C=CCC(C=C)(CC=C)NCC=Cc1ccccc1.Cl. The van der Waals surface area contributed by atoms with Gasteiger partial charge in [0.25, 0.3) is 0 Å². The van der Waals surface area contributed by atoms with E-state index in [0.717, 1.165) is 19.4 Å². The van der Waals surface area contributed by atoms with Crippen molar-refractivity contribution in [1.29, 1.82) is 0 Å². The van der Waals surface area contributed by atoms with E-state index in [4.69, 9.17) is 0 Å². The van der Waals surface area contributed by atoms with Crippen molar-refractivity contribution in [3.8, 4) is 0 Å². The van der Waals surface area contributed by atoms with E-state index in [-0.39, 0.29) is 17.9 Å². The number of benzene rings is 1. The summed E-state index contributed by atoms with van der Waals surface area (Å²) in [4.78, 5) is 0. The summed E-state index contributed by atoms with van der Waals surface area (Å²) in [5.41, 5.74) is 1.07. The van der Waals surface area contributed by atoms with Gasteiger partial charge in [-0.25, -0.2) is 0 Å². The van der Waals surface area contributed by atoms with Crippen molar-refractivity contribution >= 4 is 18.5 Å². The summed E-state index contributed by atoms with van der Waals surface area (Å²) in [7, 11) is 0. The molecule has 0 atom stereocenters. The maximum absolute atomic E-state index is 3.93. The molecule has 2 heteroatoms. The first-order chi connectivity index (χ1) is 9.26. The van der Waals surface area contributed by atoms with Crippen molar-refractivity contribution in [2.24, 2.45) is 0 Å². The molecule has 1 aromatic rings. The molecule has 0 aliphatic rings. The molecule has 0 aliphatic heterocycles. The van der Waals surface area contributed by atoms with Gasteiger partial charge in [-0.3, -0.25) is 0 Å². The Labute approximate surface area is 129 Å². The van der Waals surface area contributed by atoms with Gasteiger partial charge in [0.1, 0.15) is 0 Å². The summed E-state index contributed by atoms with van der Waals surface area (Å²) in [6.45, 7) is 12.3. The molecule has 0 saturated carbocycles. The largest absolute Gasteiger partial charge is 0.304 e. The Morgan fingerprint density at radius 3 is 2.10 bits per heavy atom. The predicted octanol–water partition coefficient (Wildman–Crippen LogP) is 4.79. The highest BCUT2D eigenvalue weighted by Crippen LogP contribution is 2.18. The second kappa shape index (κ2) is 10.2. The summed E-state index contributed by atoms with van der Waals surface area (Å²) < 4.78 is 0. The molecule has 0 amide bonds. The maximum atomic E-state index is 3.93. The molecule has 1 N–H and O–H groups in total. The zero-order valence-electron chi connectivity index (χ0n) is 11.9. The van der Waals surface area contributed by atoms with Gasteiger partial charge in [-0.1, -0.05) is 60.7 Å². The van der Waals surface area contributed by atoms with Crippen LogP contribution >= 0.6 is 12.4 Å². The van der Waals surface area contributed by atoms with E-state index in [0.29, 0.717) is 0 Å². The molecule has 108 valence electrons. The summed E-state index contributed by atoms with van der Waals surface area (Å²) in [5, 5.41) is 3.51. The molecule has 1 aromatic carbocycles. The fraction of sp³-hybridized carbons (Fsp3) is 0.222. The van der Waals surface area contributed by atoms with Crippen LogP contribution in [0.25, 0.3) is 6.08 Å². The molecule has 0 aliphatic carbocycles. The van der Waals surface area contributed by atoms with Crippen LogP contribution in [0.3, 0.4) is 0 Å². The van der Waals surface area contributed by atoms with Crippen LogP contribution in [-0.4, -0.2) is 12.1 Å². The Morgan fingerprint density at radius 1 is 1.00 bits per heavy atom. The second-order valence-electron chi connectivity index (χ2n) is 4.54. The Bertz CT molecular complexity index is 424. The summed E-state index contributed by atoms with van der Waals surface area (Å²) in [6, 6.07) is 10.3. The van der Waals surface area contributed by atoms with Gasteiger partial charge in [0.15, 0.2) is 0 Å². The molecule has 0 bridgehead atoms. The molecular formula is C18H24ClN. The molecule has 0 fully saturated rings. The van der Waals surface area contributed by atoms with Crippen molar-refractivity contribution in [3.05, 3.63) is 79.9 Å². The van der Waals surface area contributed by atoms with Gasteiger partial charge in [0.05, 0.1) is 0 Å². The average molecular weight is 290 g/mol. The van der Waals surface area contributed by atoms with Crippen LogP contribution in [0.5, 0.6) is 0 Å². The minimum Gasteiger partial charge on any atom is -0.304 e. The number of rotatable bonds is 9. The van der Waals surface area contributed by atoms with Crippen LogP contribution in [0, 0.1) is 0 Å². The fourth-order valence-corrected chi connectivity index (χ4v) is 2.00. The Balaban J connectivity index is 0.00000361. The third-order valence-electron chi connectivity index (χ3n) is 3.09. The lowest BCUT2D eigenvalue weighted by Crippen LogP contribution is -2.42. The minimum atomic E-state index is -0.134. The lowest BCUT2D eigenvalue weighted by molar-refractivity contribution is 0.430. The summed E-state index contributed by atoms with van der Waals surface area (Å²) in [5.74, 6) is 0. The first kappa shape index (κ1) is 18.4. The Kier molecular flexibility index (Phi) is 9.44. The van der Waals surface area contributed by atoms with E-state index in [1.165, 1.54) is 5.56 Å². The molecule has 20 heavy (non-hydrogen) atoms. The normalized spacial score (nSPS) is 10.8. The maximum Gasteiger partial charge on any atom is 0.0433 e. The standard InChI is InChI=1S/C18H23N.ClH/c1-4-14-18(6-3,15-5-2)19-16-10-13-17-11-8-7-9-12-17;/h4-13,19H,1-3,14-16H2;1H. The molecule has 0 saturated heterocycles. The van der Waals surface area contributed by atoms with Crippen molar-refractivity contribution in [2.75, 3.05) is 6.54 Å². The monoisotopic (exact) mass is 289 g/mol. The van der Waals surface area contributed by atoms with E-state index in [9.17, 15) is 0 Å². The Hall–Kier alpha value is -1.57. The number of nitrogens with one attached hydrogen (secondary N) is 1. The van der Waals surface area contributed by atoms with Gasteiger partial charge in [-0.05, 0) is 18.4 Å². The molecular weight excluding hydrogens is 266 g/mol. The van der Waals surface area contributed by atoms with Crippen LogP contribution in [0.4, 0.5) is 0 Å². The Morgan fingerprint density at radius 2 is 1.60 bits per heavy atom. The van der Waals surface area contributed by atoms with E-state index < -0.39 is 0 Å². The van der Waals surface area contributed by atoms with Crippen LogP contribution in [0.2, 0.25) is 0 Å². The molecule has 1 nitrogen and oxygen atoms in total. The summed E-state index contributed by atoms with van der Waals surface area (Å²) in [6.07, 6.45) is 11.7. The van der Waals surface area contributed by atoms with Crippen LogP contribution < -0.4 is 5.32 Å². The topological polar surface area (TPSA) is 12.0 Å². The molecule has 0 aromatic heterocycles. The van der Waals surface area contributed by atoms with Gasteiger partial charge in [-0.15, -0.1) is 32.1 Å². The number of hydrogen-bond donors (Lipinski definition) is 1. The third-order valence-corrected chi connectivity index (χ3v) is 3.09.